The van der Waals surface area contributed by atoms with Gasteiger partial charge in [0.2, 0.25) is 0 Å². The number of nitrogens with zero attached hydrogens (tertiary/aromatic N) is 1. The maximum absolute atomic E-state index is 6.60. The molecule has 3 nitrogen and oxygen atoms in total. The lowest BCUT2D eigenvalue weighted by Gasteiger charge is -2.12. The number of fused-ring (bicyclic) bond motifs is 1. The lowest BCUT2D eigenvalue weighted by Crippen LogP contribution is -1.93. The van der Waals surface area contributed by atoms with Gasteiger partial charge in [-0.1, -0.05) is 35.3 Å². The molecule has 3 rings (SSSR count). The van der Waals surface area contributed by atoms with Crippen LogP contribution in [0.15, 0.2) is 42.6 Å². The van der Waals surface area contributed by atoms with Crippen LogP contribution in [0.25, 0.3) is 22.0 Å². The predicted octanol–water partition coefficient (Wildman–Crippen LogP) is 5.23. The molecule has 5 heteroatoms. The standard InChI is InChI=1S/C17H13Cl2NO2/c1-21-12-7-14-16(15(8-12)22-2)17(19)13(9-20-14)10-4-3-5-11(18)6-10/h3-9H,1-2H3. The van der Waals surface area contributed by atoms with Gasteiger partial charge < -0.3 is 9.47 Å². The summed E-state index contributed by atoms with van der Waals surface area (Å²) in [6.07, 6.45) is 1.73. The van der Waals surface area contributed by atoms with Crippen molar-refractivity contribution in [3.63, 3.8) is 0 Å². The highest BCUT2D eigenvalue weighted by Gasteiger charge is 2.15. The Bertz CT molecular complexity index is 849. The van der Waals surface area contributed by atoms with Crippen molar-refractivity contribution in [3.05, 3.63) is 52.6 Å². The number of hydrogen-bond donors (Lipinski definition) is 0. The monoisotopic (exact) mass is 333 g/mol. The summed E-state index contributed by atoms with van der Waals surface area (Å²) in [6.45, 7) is 0. The second-order valence-electron chi connectivity index (χ2n) is 4.72. The maximum Gasteiger partial charge on any atom is 0.133 e. The molecule has 0 spiro atoms. The number of hydrogen-bond acceptors (Lipinski definition) is 3. The topological polar surface area (TPSA) is 31.4 Å². The van der Waals surface area contributed by atoms with Crippen LogP contribution in [0.3, 0.4) is 0 Å². The van der Waals surface area contributed by atoms with Crippen molar-refractivity contribution in [2.75, 3.05) is 14.2 Å². The van der Waals surface area contributed by atoms with E-state index in [-0.39, 0.29) is 0 Å². The van der Waals surface area contributed by atoms with Crippen LogP contribution in [-0.4, -0.2) is 19.2 Å². The molecule has 2 aromatic carbocycles. The highest BCUT2D eigenvalue weighted by atomic mass is 35.5. The molecule has 0 aliphatic carbocycles. The molecule has 0 radical (unpaired) electrons. The Morgan fingerprint density at radius 2 is 1.82 bits per heavy atom. The third-order valence-electron chi connectivity index (χ3n) is 3.43. The lowest BCUT2D eigenvalue weighted by molar-refractivity contribution is 0.398. The zero-order chi connectivity index (χ0) is 15.7. The molecule has 0 unspecified atom stereocenters. The van der Waals surface area contributed by atoms with E-state index in [0.29, 0.717) is 27.1 Å². The van der Waals surface area contributed by atoms with Crippen molar-refractivity contribution in [1.82, 2.24) is 4.98 Å². The zero-order valence-electron chi connectivity index (χ0n) is 12.1. The molecule has 3 aromatic rings. The smallest absolute Gasteiger partial charge is 0.133 e. The number of benzene rings is 2. The van der Waals surface area contributed by atoms with Crippen molar-refractivity contribution in [2.45, 2.75) is 0 Å². The lowest BCUT2D eigenvalue weighted by atomic mass is 10.0. The van der Waals surface area contributed by atoms with E-state index in [1.54, 1.807) is 26.5 Å². The molecule has 0 amide bonds. The van der Waals surface area contributed by atoms with E-state index in [4.69, 9.17) is 32.7 Å². The van der Waals surface area contributed by atoms with E-state index < -0.39 is 0 Å². The van der Waals surface area contributed by atoms with Gasteiger partial charge >= 0.3 is 0 Å². The predicted molar refractivity (Wildman–Crippen MR) is 90.3 cm³/mol. The van der Waals surface area contributed by atoms with Crippen molar-refractivity contribution in [1.29, 1.82) is 0 Å². The van der Waals surface area contributed by atoms with E-state index in [1.807, 2.05) is 30.3 Å². The van der Waals surface area contributed by atoms with Crippen LogP contribution in [0.2, 0.25) is 10.0 Å². The normalized spacial score (nSPS) is 10.7. The van der Waals surface area contributed by atoms with Gasteiger partial charge in [0.25, 0.3) is 0 Å². The quantitative estimate of drug-likeness (QED) is 0.657. The second-order valence-corrected chi connectivity index (χ2v) is 5.53. The number of pyridine rings is 1. The van der Waals surface area contributed by atoms with Gasteiger partial charge in [-0.25, -0.2) is 0 Å². The Morgan fingerprint density at radius 1 is 1.00 bits per heavy atom. The largest absolute Gasteiger partial charge is 0.497 e. The molecule has 1 aromatic heterocycles. The molecule has 0 atom stereocenters. The number of halogens is 2. The first-order valence-electron chi connectivity index (χ1n) is 6.60. The summed E-state index contributed by atoms with van der Waals surface area (Å²) in [5, 5.41) is 1.98. The van der Waals surface area contributed by atoms with Gasteiger partial charge in [0, 0.05) is 28.9 Å². The number of aromatic nitrogens is 1. The van der Waals surface area contributed by atoms with Crippen molar-refractivity contribution < 1.29 is 9.47 Å². The molecule has 0 saturated heterocycles. The van der Waals surface area contributed by atoms with Crippen LogP contribution in [0.4, 0.5) is 0 Å². The number of methoxy groups -OCH3 is 2. The van der Waals surface area contributed by atoms with Gasteiger partial charge in [-0.2, -0.15) is 0 Å². The summed E-state index contributed by atoms with van der Waals surface area (Å²) in [7, 11) is 3.19. The minimum atomic E-state index is 0.576. The first kappa shape index (κ1) is 14.9. The van der Waals surface area contributed by atoms with Gasteiger partial charge in [-0.05, 0) is 17.7 Å². The Hall–Kier alpha value is -1.97. The van der Waals surface area contributed by atoms with E-state index >= 15 is 0 Å². The average molecular weight is 334 g/mol. The zero-order valence-corrected chi connectivity index (χ0v) is 13.6. The maximum atomic E-state index is 6.60. The Morgan fingerprint density at radius 3 is 2.50 bits per heavy atom. The fraction of sp³-hybridized carbons (Fsp3) is 0.118. The fourth-order valence-electron chi connectivity index (χ4n) is 2.36. The SMILES string of the molecule is COc1cc(OC)c2c(Cl)c(-c3cccc(Cl)c3)cnc2c1. The molecule has 112 valence electrons. The molecule has 0 fully saturated rings. The highest BCUT2D eigenvalue weighted by Crippen LogP contribution is 2.40. The summed E-state index contributed by atoms with van der Waals surface area (Å²) in [5.41, 5.74) is 2.43. The van der Waals surface area contributed by atoms with E-state index in [2.05, 4.69) is 4.98 Å². The molecule has 0 bridgehead atoms. The molecule has 0 N–H and O–H groups in total. The van der Waals surface area contributed by atoms with Crippen LogP contribution in [-0.2, 0) is 0 Å². The molecular formula is C17H13Cl2NO2. The van der Waals surface area contributed by atoms with Gasteiger partial charge in [-0.15, -0.1) is 0 Å². The van der Waals surface area contributed by atoms with E-state index in [1.165, 1.54) is 0 Å². The summed E-state index contributed by atoms with van der Waals surface area (Å²) in [6, 6.07) is 11.1. The van der Waals surface area contributed by atoms with Crippen LogP contribution >= 0.6 is 23.2 Å². The summed E-state index contributed by atoms with van der Waals surface area (Å²) < 4.78 is 10.7. The first-order valence-corrected chi connectivity index (χ1v) is 7.36. The van der Waals surface area contributed by atoms with Crippen molar-refractivity contribution in [2.24, 2.45) is 0 Å². The van der Waals surface area contributed by atoms with Gasteiger partial charge in [0.15, 0.2) is 0 Å². The molecule has 0 aliphatic heterocycles. The van der Waals surface area contributed by atoms with Gasteiger partial charge in [0.1, 0.15) is 11.5 Å². The summed E-state index contributed by atoms with van der Waals surface area (Å²) >= 11 is 12.7. The molecular weight excluding hydrogens is 321 g/mol. The van der Waals surface area contributed by atoms with Crippen molar-refractivity contribution >= 4 is 34.1 Å². The Labute approximate surface area is 138 Å². The highest BCUT2D eigenvalue weighted by molar-refractivity contribution is 6.38. The van der Waals surface area contributed by atoms with Crippen LogP contribution in [0, 0.1) is 0 Å². The van der Waals surface area contributed by atoms with E-state index in [9.17, 15) is 0 Å². The summed E-state index contributed by atoms with van der Waals surface area (Å²) in [4.78, 5) is 4.48. The Kier molecular flexibility index (Phi) is 4.10. The third kappa shape index (κ3) is 2.58. The van der Waals surface area contributed by atoms with Crippen molar-refractivity contribution in [3.8, 4) is 22.6 Å². The minimum Gasteiger partial charge on any atom is -0.497 e. The van der Waals surface area contributed by atoms with Gasteiger partial charge in [-0.3, -0.25) is 4.98 Å². The van der Waals surface area contributed by atoms with Gasteiger partial charge in [0.05, 0.1) is 30.1 Å². The van der Waals surface area contributed by atoms with Crippen LogP contribution in [0.1, 0.15) is 0 Å². The van der Waals surface area contributed by atoms with Crippen LogP contribution < -0.4 is 9.47 Å². The molecule has 0 aliphatic rings. The minimum absolute atomic E-state index is 0.576. The molecule has 22 heavy (non-hydrogen) atoms. The number of ether oxygens (including phenoxy) is 2. The third-order valence-corrected chi connectivity index (χ3v) is 4.06. The fourth-order valence-corrected chi connectivity index (χ4v) is 2.90. The first-order chi connectivity index (χ1) is 10.6. The summed E-state index contributed by atoms with van der Waals surface area (Å²) in [5.74, 6) is 1.29. The van der Waals surface area contributed by atoms with Crippen LogP contribution in [0.5, 0.6) is 11.5 Å². The average Bonchev–Trinajstić information content (AvgIpc) is 2.54. The molecule has 1 heterocycles. The number of rotatable bonds is 3. The van der Waals surface area contributed by atoms with E-state index in [0.717, 1.165) is 16.5 Å². The Balaban J connectivity index is 2.29. The molecule has 0 saturated carbocycles. The second kappa shape index (κ2) is 6.03.